The number of esters is 2. The van der Waals surface area contributed by atoms with Crippen LogP contribution in [0, 0.1) is 11.3 Å². The molecule has 0 atom stereocenters. The van der Waals surface area contributed by atoms with Gasteiger partial charge >= 0.3 is 11.9 Å². The van der Waals surface area contributed by atoms with Gasteiger partial charge in [-0.2, -0.15) is 10.1 Å². The lowest BCUT2D eigenvalue weighted by molar-refractivity contribution is -0.241. The standard InChI is InChI=1S/C18H27N5O4/c1-10(2)13-19-16(23-21-13)22-20-12-14(24)26-18(27-15(12)25)8-6-11(7-9-18)17(3,4)5/h10-11H,6-9H2,1-5H3,(H2,19,21,22,23). The summed E-state index contributed by atoms with van der Waals surface area (Å²) in [6, 6.07) is 0. The van der Waals surface area contributed by atoms with Crippen molar-refractivity contribution in [2.24, 2.45) is 16.4 Å². The molecule has 1 spiro atoms. The molecule has 0 aromatic carbocycles. The van der Waals surface area contributed by atoms with Gasteiger partial charge in [0.05, 0.1) is 0 Å². The summed E-state index contributed by atoms with van der Waals surface area (Å²) in [5.74, 6) is -1.24. The fourth-order valence-electron chi connectivity index (χ4n) is 3.45. The minimum absolute atomic E-state index is 0.161. The third-order valence-electron chi connectivity index (χ3n) is 5.23. The van der Waals surface area contributed by atoms with Crippen LogP contribution in [0.25, 0.3) is 0 Å². The molecule has 0 bridgehead atoms. The van der Waals surface area contributed by atoms with Gasteiger partial charge in [0.2, 0.25) is 0 Å². The Kier molecular flexibility index (Phi) is 4.96. The van der Waals surface area contributed by atoms with Crippen LogP contribution in [0.3, 0.4) is 0 Å². The van der Waals surface area contributed by atoms with Crippen LogP contribution in [0.5, 0.6) is 0 Å². The maximum atomic E-state index is 12.3. The maximum absolute atomic E-state index is 12.3. The van der Waals surface area contributed by atoms with Crippen LogP contribution in [0.15, 0.2) is 5.10 Å². The Hall–Kier alpha value is -2.45. The van der Waals surface area contributed by atoms with E-state index in [-0.39, 0.29) is 17.3 Å². The molecular weight excluding hydrogens is 350 g/mol. The van der Waals surface area contributed by atoms with Gasteiger partial charge in [-0.25, -0.2) is 15.0 Å². The average Bonchev–Trinajstić information content (AvgIpc) is 3.03. The Morgan fingerprint density at radius 2 is 1.78 bits per heavy atom. The molecule has 0 amide bonds. The first-order chi connectivity index (χ1) is 12.6. The first kappa shape index (κ1) is 19.3. The van der Waals surface area contributed by atoms with E-state index in [2.05, 4.69) is 46.5 Å². The van der Waals surface area contributed by atoms with Crippen molar-refractivity contribution in [2.75, 3.05) is 5.43 Å². The molecule has 1 saturated heterocycles. The highest BCUT2D eigenvalue weighted by atomic mass is 16.7. The molecule has 3 rings (SSSR count). The highest BCUT2D eigenvalue weighted by molar-refractivity contribution is 6.63. The number of carbonyl (C=O) groups is 2. The summed E-state index contributed by atoms with van der Waals surface area (Å²) < 4.78 is 11.0. The number of anilines is 1. The molecule has 1 aliphatic carbocycles. The van der Waals surface area contributed by atoms with E-state index in [9.17, 15) is 9.59 Å². The summed E-state index contributed by atoms with van der Waals surface area (Å²) in [6.07, 6.45) is 2.69. The zero-order valence-electron chi connectivity index (χ0n) is 16.5. The number of hydrazone groups is 1. The number of rotatable bonds is 3. The van der Waals surface area contributed by atoms with Gasteiger partial charge in [0.1, 0.15) is 5.82 Å². The Morgan fingerprint density at radius 1 is 1.19 bits per heavy atom. The zero-order chi connectivity index (χ0) is 19.8. The molecule has 9 heteroatoms. The van der Waals surface area contributed by atoms with Gasteiger partial charge in [0.15, 0.2) is 0 Å². The van der Waals surface area contributed by atoms with Crippen molar-refractivity contribution in [3.8, 4) is 0 Å². The van der Waals surface area contributed by atoms with E-state index in [4.69, 9.17) is 9.47 Å². The molecule has 1 saturated carbocycles. The highest BCUT2D eigenvalue weighted by Gasteiger charge is 2.50. The molecule has 9 nitrogen and oxygen atoms in total. The van der Waals surface area contributed by atoms with Crippen LogP contribution < -0.4 is 5.43 Å². The lowest BCUT2D eigenvalue weighted by Crippen LogP contribution is -2.52. The van der Waals surface area contributed by atoms with E-state index in [0.29, 0.717) is 24.6 Å². The first-order valence-electron chi connectivity index (χ1n) is 9.32. The summed E-state index contributed by atoms with van der Waals surface area (Å²) in [5, 5.41) is 10.5. The number of aromatic nitrogens is 3. The lowest BCUT2D eigenvalue weighted by atomic mass is 9.71. The minimum Gasteiger partial charge on any atom is -0.417 e. The quantitative estimate of drug-likeness (QED) is 0.614. The van der Waals surface area contributed by atoms with Crippen molar-refractivity contribution in [3.05, 3.63) is 5.82 Å². The Balaban J connectivity index is 1.65. The van der Waals surface area contributed by atoms with Crippen molar-refractivity contribution in [1.82, 2.24) is 15.2 Å². The van der Waals surface area contributed by atoms with Crippen molar-refractivity contribution in [3.63, 3.8) is 0 Å². The first-order valence-corrected chi connectivity index (χ1v) is 9.32. The lowest BCUT2D eigenvalue weighted by Gasteiger charge is -2.43. The molecule has 27 heavy (non-hydrogen) atoms. The summed E-state index contributed by atoms with van der Waals surface area (Å²) >= 11 is 0. The van der Waals surface area contributed by atoms with E-state index in [1.807, 2.05) is 13.8 Å². The van der Waals surface area contributed by atoms with Crippen molar-refractivity contribution in [1.29, 1.82) is 0 Å². The summed E-state index contributed by atoms with van der Waals surface area (Å²) in [7, 11) is 0. The Labute approximate surface area is 158 Å². The van der Waals surface area contributed by atoms with Crippen LogP contribution in [-0.4, -0.2) is 38.6 Å². The van der Waals surface area contributed by atoms with Gasteiger partial charge in [-0.3, -0.25) is 5.10 Å². The average molecular weight is 377 g/mol. The Bertz CT molecular complexity index is 732. The fourth-order valence-corrected chi connectivity index (χ4v) is 3.45. The van der Waals surface area contributed by atoms with Crippen molar-refractivity contribution >= 4 is 23.6 Å². The zero-order valence-corrected chi connectivity index (χ0v) is 16.5. The van der Waals surface area contributed by atoms with Crippen LogP contribution in [-0.2, 0) is 19.1 Å². The molecule has 2 aliphatic rings. The molecular formula is C18H27N5O4. The predicted octanol–water partition coefficient (Wildman–Crippen LogP) is 2.73. The number of H-pyrrole nitrogens is 1. The van der Waals surface area contributed by atoms with E-state index in [1.165, 1.54) is 0 Å². The Morgan fingerprint density at radius 3 is 2.26 bits per heavy atom. The van der Waals surface area contributed by atoms with Crippen LogP contribution >= 0.6 is 0 Å². The molecule has 0 unspecified atom stereocenters. The van der Waals surface area contributed by atoms with E-state index >= 15 is 0 Å². The minimum atomic E-state index is -1.16. The maximum Gasteiger partial charge on any atom is 0.369 e. The van der Waals surface area contributed by atoms with E-state index in [1.54, 1.807) is 0 Å². The number of ether oxygens (including phenoxy) is 2. The van der Waals surface area contributed by atoms with Gasteiger partial charge in [-0.05, 0) is 24.2 Å². The van der Waals surface area contributed by atoms with Gasteiger partial charge < -0.3 is 9.47 Å². The van der Waals surface area contributed by atoms with Crippen LogP contribution in [0.1, 0.15) is 72.0 Å². The van der Waals surface area contributed by atoms with E-state index in [0.717, 1.165) is 12.8 Å². The number of aromatic amines is 1. The normalized spacial score (nSPS) is 26.1. The summed E-state index contributed by atoms with van der Waals surface area (Å²) in [4.78, 5) is 28.9. The second-order valence-corrected chi connectivity index (χ2v) is 8.60. The van der Waals surface area contributed by atoms with Gasteiger partial charge in [0.25, 0.3) is 17.4 Å². The van der Waals surface area contributed by atoms with Crippen molar-refractivity contribution in [2.45, 2.75) is 72.0 Å². The third kappa shape index (κ3) is 4.12. The molecule has 1 aromatic heterocycles. The molecule has 2 heterocycles. The topological polar surface area (TPSA) is 119 Å². The van der Waals surface area contributed by atoms with Crippen LogP contribution in [0.2, 0.25) is 0 Å². The van der Waals surface area contributed by atoms with Gasteiger partial charge in [-0.15, -0.1) is 5.10 Å². The highest BCUT2D eigenvalue weighted by Crippen LogP contribution is 2.44. The SMILES string of the molecule is CC(C)c1nc(NN=C2C(=O)OC3(CCC(C(C)(C)C)CC3)OC2=O)n[nH]1. The number of carbonyl (C=O) groups excluding carboxylic acids is 2. The smallest absolute Gasteiger partial charge is 0.369 e. The summed E-state index contributed by atoms with van der Waals surface area (Å²) in [6.45, 7) is 10.5. The predicted molar refractivity (Wildman–Crippen MR) is 97.9 cm³/mol. The molecule has 148 valence electrons. The largest absolute Gasteiger partial charge is 0.417 e. The number of nitrogens with one attached hydrogen (secondary N) is 2. The number of hydrogen-bond donors (Lipinski definition) is 2. The number of hydrogen-bond acceptors (Lipinski definition) is 8. The molecule has 2 fully saturated rings. The third-order valence-corrected chi connectivity index (χ3v) is 5.23. The van der Waals surface area contributed by atoms with Gasteiger partial charge in [0, 0.05) is 18.8 Å². The molecule has 0 radical (unpaired) electrons. The van der Waals surface area contributed by atoms with Crippen molar-refractivity contribution < 1.29 is 19.1 Å². The van der Waals surface area contributed by atoms with E-state index < -0.39 is 23.4 Å². The fraction of sp³-hybridized carbons (Fsp3) is 0.722. The molecule has 1 aliphatic heterocycles. The second-order valence-electron chi connectivity index (χ2n) is 8.60. The molecule has 1 aromatic rings. The van der Waals surface area contributed by atoms with Crippen LogP contribution in [0.4, 0.5) is 5.95 Å². The monoisotopic (exact) mass is 377 g/mol. The second kappa shape index (κ2) is 6.94. The summed E-state index contributed by atoms with van der Waals surface area (Å²) in [5.41, 5.74) is 2.24. The number of nitrogens with zero attached hydrogens (tertiary/aromatic N) is 3. The van der Waals surface area contributed by atoms with Gasteiger partial charge in [-0.1, -0.05) is 34.6 Å². The molecule has 2 N–H and O–H groups in total.